The second-order valence-electron chi connectivity index (χ2n) is 8.01. The lowest BCUT2D eigenvalue weighted by Crippen LogP contribution is -3.16. The lowest BCUT2D eigenvalue weighted by molar-refractivity contribution is -0.896. The first-order chi connectivity index (χ1) is 13.9. The van der Waals surface area contributed by atoms with Crippen LogP contribution >= 0.6 is 11.3 Å². The lowest BCUT2D eigenvalue weighted by Gasteiger charge is -2.32. The number of likely N-dealkylation sites (N-methyl/N-ethyl adjacent to an activating group) is 1. The maximum Gasteiger partial charge on any atom is 0.279 e. The molecule has 0 spiro atoms. The molecule has 0 bridgehead atoms. The Bertz CT molecular complexity index is 809. The third-order valence-electron chi connectivity index (χ3n) is 5.49. The average Bonchev–Trinajstić information content (AvgIpc) is 3.18. The van der Waals surface area contributed by atoms with Gasteiger partial charge in [-0.2, -0.15) is 0 Å². The number of piperazine rings is 1. The molecule has 2 aromatic rings. The molecule has 1 unspecified atom stereocenters. The van der Waals surface area contributed by atoms with E-state index in [0.717, 1.165) is 49.5 Å². The van der Waals surface area contributed by atoms with Gasteiger partial charge in [-0.05, 0) is 36.4 Å². The zero-order valence-corrected chi connectivity index (χ0v) is 18.4. The Morgan fingerprint density at radius 3 is 2.45 bits per heavy atom. The summed E-state index contributed by atoms with van der Waals surface area (Å²) in [5, 5.41) is 5.14. The summed E-state index contributed by atoms with van der Waals surface area (Å²) in [6.07, 6.45) is 0. The van der Waals surface area contributed by atoms with Gasteiger partial charge in [-0.3, -0.25) is 9.59 Å². The number of hydrogen-bond donors (Lipinski definition) is 3. The zero-order valence-electron chi connectivity index (χ0n) is 17.6. The fraction of sp³-hybridized carbons (Fsp3) is 0.455. The van der Waals surface area contributed by atoms with Crippen molar-refractivity contribution in [1.82, 2.24) is 4.90 Å². The number of quaternary nitrogens is 2. The Labute approximate surface area is 177 Å². The van der Waals surface area contributed by atoms with Crippen molar-refractivity contribution < 1.29 is 19.4 Å². The van der Waals surface area contributed by atoms with Gasteiger partial charge in [0.15, 0.2) is 13.1 Å². The van der Waals surface area contributed by atoms with E-state index in [9.17, 15) is 9.59 Å². The smallest absolute Gasteiger partial charge is 0.279 e. The highest BCUT2D eigenvalue weighted by molar-refractivity contribution is 7.09. The number of amides is 2. The number of rotatable bonds is 7. The minimum atomic E-state index is 0.0392. The van der Waals surface area contributed by atoms with E-state index in [1.807, 2.05) is 43.0 Å². The number of anilines is 1. The number of nitrogens with zero attached hydrogens (tertiary/aromatic N) is 1. The Morgan fingerprint density at radius 2 is 1.83 bits per heavy atom. The molecule has 29 heavy (non-hydrogen) atoms. The fourth-order valence-corrected chi connectivity index (χ4v) is 4.63. The van der Waals surface area contributed by atoms with Gasteiger partial charge < -0.3 is 20.0 Å². The van der Waals surface area contributed by atoms with Gasteiger partial charge in [0.1, 0.15) is 6.54 Å². The molecule has 3 N–H and O–H groups in total. The van der Waals surface area contributed by atoms with Crippen LogP contribution in [0.2, 0.25) is 0 Å². The van der Waals surface area contributed by atoms with Crippen LogP contribution in [-0.2, 0) is 16.1 Å². The van der Waals surface area contributed by atoms with Crippen molar-refractivity contribution in [2.45, 2.75) is 20.4 Å². The van der Waals surface area contributed by atoms with Crippen LogP contribution in [0.3, 0.4) is 0 Å². The maximum absolute atomic E-state index is 12.6. The summed E-state index contributed by atoms with van der Waals surface area (Å²) in [7, 11) is 2.07. The molecule has 1 aromatic heterocycles. The molecular formula is C22H32N4O2S+2. The molecule has 0 aliphatic carbocycles. The van der Waals surface area contributed by atoms with Crippen LogP contribution in [0.5, 0.6) is 0 Å². The number of nitrogens with one attached hydrogen (secondary N) is 3. The predicted molar refractivity (Wildman–Crippen MR) is 116 cm³/mol. The van der Waals surface area contributed by atoms with Crippen molar-refractivity contribution in [1.29, 1.82) is 0 Å². The molecule has 156 valence electrons. The third-order valence-corrected chi connectivity index (χ3v) is 6.36. The van der Waals surface area contributed by atoms with Gasteiger partial charge in [0, 0.05) is 5.69 Å². The van der Waals surface area contributed by atoms with Crippen LogP contribution in [0, 0.1) is 13.8 Å². The second kappa shape index (κ2) is 10.0. The normalized spacial score (nSPS) is 15.9. The Hall–Kier alpha value is -2.22. The van der Waals surface area contributed by atoms with Crippen LogP contribution in [-0.4, -0.2) is 63.0 Å². The number of aryl methyl sites for hydroxylation is 2. The highest BCUT2D eigenvalue weighted by Crippen LogP contribution is 2.18. The summed E-state index contributed by atoms with van der Waals surface area (Å²) >= 11 is 1.74. The number of thiophene rings is 1. The van der Waals surface area contributed by atoms with E-state index in [1.54, 1.807) is 11.3 Å². The molecule has 1 aromatic carbocycles. The SMILES string of the molecule is Cc1cccc(C)c1NC(=O)C[NH+]1CCN(C(=O)C[NH+](C)Cc2cccs2)CC1. The van der Waals surface area contributed by atoms with E-state index in [0.29, 0.717) is 13.1 Å². The molecule has 7 heteroatoms. The summed E-state index contributed by atoms with van der Waals surface area (Å²) in [5.74, 6) is 0.246. The van der Waals surface area contributed by atoms with Crippen molar-refractivity contribution in [3.8, 4) is 0 Å². The van der Waals surface area contributed by atoms with Crippen molar-refractivity contribution >= 4 is 28.8 Å². The summed E-state index contributed by atoms with van der Waals surface area (Å²) in [6, 6.07) is 10.2. The van der Waals surface area contributed by atoms with Crippen LogP contribution in [0.25, 0.3) is 0 Å². The van der Waals surface area contributed by atoms with E-state index >= 15 is 0 Å². The maximum atomic E-state index is 12.6. The topological polar surface area (TPSA) is 58.3 Å². The predicted octanol–water partition coefficient (Wildman–Crippen LogP) is -0.255. The van der Waals surface area contributed by atoms with Crippen LogP contribution in [0.4, 0.5) is 5.69 Å². The minimum Gasteiger partial charge on any atom is -0.327 e. The summed E-state index contributed by atoms with van der Waals surface area (Å²) in [6.45, 7) is 8.93. The minimum absolute atomic E-state index is 0.0392. The van der Waals surface area contributed by atoms with Crippen molar-refractivity contribution in [3.63, 3.8) is 0 Å². The molecule has 2 amide bonds. The third kappa shape index (κ3) is 6.13. The van der Waals surface area contributed by atoms with Gasteiger partial charge in [0.25, 0.3) is 11.8 Å². The van der Waals surface area contributed by atoms with Gasteiger partial charge in [0.2, 0.25) is 0 Å². The van der Waals surface area contributed by atoms with Gasteiger partial charge in [0.05, 0.1) is 38.1 Å². The summed E-state index contributed by atoms with van der Waals surface area (Å²) < 4.78 is 0. The zero-order chi connectivity index (χ0) is 20.8. The van der Waals surface area contributed by atoms with Crippen molar-refractivity contribution in [2.24, 2.45) is 0 Å². The molecule has 1 aliphatic heterocycles. The number of para-hydroxylation sites is 1. The molecule has 1 aliphatic rings. The molecule has 0 saturated carbocycles. The van der Waals surface area contributed by atoms with Gasteiger partial charge in [-0.1, -0.05) is 24.3 Å². The largest absolute Gasteiger partial charge is 0.327 e. The van der Waals surface area contributed by atoms with E-state index < -0.39 is 0 Å². The van der Waals surface area contributed by atoms with E-state index in [1.165, 1.54) is 14.7 Å². The molecular weight excluding hydrogens is 384 g/mol. The molecule has 1 saturated heterocycles. The molecule has 6 nitrogen and oxygen atoms in total. The molecule has 3 rings (SSSR count). The molecule has 0 radical (unpaired) electrons. The van der Waals surface area contributed by atoms with Crippen molar-refractivity contribution in [2.75, 3.05) is 51.6 Å². The van der Waals surface area contributed by atoms with Crippen LogP contribution < -0.4 is 15.1 Å². The van der Waals surface area contributed by atoms with Crippen molar-refractivity contribution in [3.05, 3.63) is 51.7 Å². The number of carbonyl (C=O) groups is 2. The van der Waals surface area contributed by atoms with E-state index in [4.69, 9.17) is 0 Å². The van der Waals surface area contributed by atoms with Gasteiger partial charge >= 0.3 is 0 Å². The first-order valence-electron chi connectivity index (χ1n) is 10.2. The number of benzene rings is 1. The Balaban J connectivity index is 1.41. The number of hydrogen-bond acceptors (Lipinski definition) is 3. The standard InChI is InChI=1S/C22H30N4O2S/c1-17-6-4-7-18(2)22(17)23-20(27)15-25-9-11-26(12-10-25)21(28)16-24(3)14-19-8-5-13-29-19/h4-8,13H,9-12,14-16H2,1-3H3,(H,23,27)/p+2. The van der Waals surface area contributed by atoms with Gasteiger partial charge in [-0.25, -0.2) is 0 Å². The highest BCUT2D eigenvalue weighted by atomic mass is 32.1. The molecule has 1 atom stereocenters. The summed E-state index contributed by atoms with van der Waals surface area (Å²) in [4.78, 5) is 30.8. The van der Waals surface area contributed by atoms with E-state index in [2.05, 4.69) is 23.8 Å². The highest BCUT2D eigenvalue weighted by Gasteiger charge is 2.27. The van der Waals surface area contributed by atoms with Crippen LogP contribution in [0.15, 0.2) is 35.7 Å². The quantitative estimate of drug-likeness (QED) is 0.583. The van der Waals surface area contributed by atoms with Crippen LogP contribution in [0.1, 0.15) is 16.0 Å². The monoisotopic (exact) mass is 416 g/mol. The fourth-order valence-electron chi connectivity index (χ4n) is 3.81. The first kappa shape index (κ1) is 21.5. The first-order valence-corrected chi connectivity index (χ1v) is 11.1. The molecule has 2 heterocycles. The average molecular weight is 417 g/mol. The van der Waals surface area contributed by atoms with E-state index in [-0.39, 0.29) is 11.8 Å². The lowest BCUT2D eigenvalue weighted by atomic mass is 10.1. The Morgan fingerprint density at radius 1 is 1.14 bits per heavy atom. The van der Waals surface area contributed by atoms with Gasteiger partial charge in [-0.15, -0.1) is 11.3 Å². The Kier molecular flexibility index (Phi) is 7.41. The number of carbonyl (C=O) groups excluding carboxylic acids is 2. The molecule has 1 fully saturated rings. The summed E-state index contributed by atoms with van der Waals surface area (Å²) in [5.41, 5.74) is 3.08. The second-order valence-corrected chi connectivity index (χ2v) is 9.04.